The van der Waals surface area contributed by atoms with Crippen LogP contribution in [0.3, 0.4) is 0 Å². The highest BCUT2D eigenvalue weighted by molar-refractivity contribution is 6.14. The number of anilines is 3. The van der Waals surface area contributed by atoms with Gasteiger partial charge in [0, 0.05) is 61.6 Å². The van der Waals surface area contributed by atoms with Crippen molar-refractivity contribution in [2.75, 3.05) is 41.7 Å². The third-order valence-corrected chi connectivity index (χ3v) is 4.99. The van der Waals surface area contributed by atoms with Crippen molar-refractivity contribution < 1.29 is 13.5 Å². The predicted molar refractivity (Wildman–Crippen MR) is 114 cm³/mol. The van der Waals surface area contributed by atoms with E-state index in [1.807, 2.05) is 0 Å². The Bertz CT molecular complexity index is 1060. The number of nitrogen functional groups attached to an aromatic ring is 1. The lowest BCUT2D eigenvalue weighted by molar-refractivity contribution is -0.0498. The number of halogens is 2. The molecule has 2 aromatic heterocycles. The predicted octanol–water partition coefficient (Wildman–Crippen LogP) is 2.80. The summed E-state index contributed by atoms with van der Waals surface area (Å²) in [6.07, 6.45) is 5.07. The van der Waals surface area contributed by atoms with Crippen molar-refractivity contribution in [3.8, 4) is 5.75 Å². The second kappa shape index (κ2) is 8.90. The average Bonchev–Trinajstić information content (AvgIpc) is 2.80. The van der Waals surface area contributed by atoms with E-state index in [2.05, 4.69) is 29.5 Å². The third kappa shape index (κ3) is 4.68. The Hall–Kier alpha value is -3.82. The number of alkyl halides is 2. The zero-order chi connectivity index (χ0) is 21.8. The molecule has 0 bridgehead atoms. The second-order valence-electron chi connectivity index (χ2n) is 6.93. The van der Waals surface area contributed by atoms with Crippen LogP contribution in [-0.2, 0) is 0 Å². The molecule has 1 aliphatic rings. The number of nitrogens with one attached hydrogen (secondary N) is 1. The highest BCUT2D eigenvalue weighted by atomic mass is 19.3. The smallest absolute Gasteiger partial charge is 0.387 e. The Kier molecular flexibility index (Phi) is 5.87. The number of hydrogen-bond acceptors (Lipinski definition) is 8. The average molecular weight is 425 g/mol. The van der Waals surface area contributed by atoms with Gasteiger partial charge in [-0.3, -0.25) is 5.41 Å². The molecule has 0 amide bonds. The lowest BCUT2D eigenvalue weighted by Gasteiger charge is -2.35. The molecule has 0 saturated carbocycles. The molecule has 3 N–H and O–H groups in total. The maximum absolute atomic E-state index is 12.5. The molecule has 31 heavy (non-hydrogen) atoms. The van der Waals surface area contributed by atoms with E-state index in [1.54, 1.807) is 36.8 Å². The first-order valence-corrected chi connectivity index (χ1v) is 9.68. The van der Waals surface area contributed by atoms with Crippen LogP contribution in [0.2, 0.25) is 0 Å². The standard InChI is InChI=1S/C21H21F2N7O/c22-20(23)31-15-2-3-17(24)16(13-15)19(25)14-4-7-26-18(12-14)29-8-10-30(11-9-29)21-27-5-1-6-28-21/h1-7,12-13,20,25H,8-11,24H2. The number of ether oxygens (including phenoxy) is 1. The number of piperazine rings is 1. The largest absolute Gasteiger partial charge is 0.435 e. The molecule has 3 aromatic rings. The zero-order valence-electron chi connectivity index (χ0n) is 16.6. The first-order valence-electron chi connectivity index (χ1n) is 9.68. The van der Waals surface area contributed by atoms with Gasteiger partial charge in [-0.25, -0.2) is 15.0 Å². The van der Waals surface area contributed by atoms with Crippen LogP contribution in [-0.4, -0.2) is 53.5 Å². The van der Waals surface area contributed by atoms with Crippen LogP contribution >= 0.6 is 0 Å². The zero-order valence-corrected chi connectivity index (χ0v) is 16.6. The third-order valence-electron chi connectivity index (χ3n) is 4.99. The summed E-state index contributed by atoms with van der Waals surface area (Å²) in [7, 11) is 0. The maximum atomic E-state index is 12.5. The maximum Gasteiger partial charge on any atom is 0.387 e. The van der Waals surface area contributed by atoms with Gasteiger partial charge in [0.1, 0.15) is 11.6 Å². The summed E-state index contributed by atoms with van der Waals surface area (Å²) in [6.45, 7) is -0.0112. The van der Waals surface area contributed by atoms with E-state index in [9.17, 15) is 8.78 Å². The van der Waals surface area contributed by atoms with Crippen LogP contribution in [0.1, 0.15) is 11.1 Å². The number of pyridine rings is 1. The van der Waals surface area contributed by atoms with Crippen molar-refractivity contribution >= 4 is 23.2 Å². The molecule has 0 radical (unpaired) electrons. The lowest BCUT2D eigenvalue weighted by atomic mass is 10.0. The first-order chi connectivity index (χ1) is 15.0. The molecular formula is C21H21F2N7O. The van der Waals surface area contributed by atoms with Gasteiger partial charge < -0.3 is 20.3 Å². The Morgan fingerprint density at radius 3 is 2.39 bits per heavy atom. The van der Waals surface area contributed by atoms with Gasteiger partial charge in [-0.15, -0.1) is 0 Å². The summed E-state index contributed by atoms with van der Waals surface area (Å²) in [6, 6.07) is 9.44. The van der Waals surface area contributed by atoms with Gasteiger partial charge >= 0.3 is 6.61 Å². The number of benzene rings is 1. The Balaban J connectivity index is 1.49. The normalized spacial score (nSPS) is 14.0. The van der Waals surface area contributed by atoms with Crippen LogP contribution in [0.5, 0.6) is 5.75 Å². The van der Waals surface area contributed by atoms with Crippen LogP contribution < -0.4 is 20.3 Å². The number of nitrogens with zero attached hydrogens (tertiary/aromatic N) is 5. The van der Waals surface area contributed by atoms with E-state index in [4.69, 9.17) is 11.1 Å². The Morgan fingerprint density at radius 2 is 1.68 bits per heavy atom. The van der Waals surface area contributed by atoms with E-state index in [-0.39, 0.29) is 11.5 Å². The van der Waals surface area contributed by atoms with E-state index in [0.717, 1.165) is 32.0 Å². The fourth-order valence-electron chi connectivity index (χ4n) is 3.42. The van der Waals surface area contributed by atoms with Crippen LogP contribution in [0.15, 0.2) is 55.0 Å². The van der Waals surface area contributed by atoms with Crippen molar-refractivity contribution in [1.29, 1.82) is 5.41 Å². The van der Waals surface area contributed by atoms with E-state index in [1.165, 1.54) is 18.2 Å². The molecule has 0 unspecified atom stereocenters. The van der Waals surface area contributed by atoms with Crippen LogP contribution in [0.25, 0.3) is 0 Å². The molecule has 0 aliphatic carbocycles. The van der Waals surface area contributed by atoms with Gasteiger partial charge in [-0.05, 0) is 36.4 Å². The number of hydrogen-bond donors (Lipinski definition) is 2. The van der Waals surface area contributed by atoms with Gasteiger partial charge in [0.05, 0.1) is 5.71 Å². The van der Waals surface area contributed by atoms with Crippen molar-refractivity contribution in [2.24, 2.45) is 0 Å². The summed E-state index contributed by atoms with van der Waals surface area (Å²) in [5.41, 5.74) is 7.30. The lowest BCUT2D eigenvalue weighted by Crippen LogP contribution is -2.47. The van der Waals surface area contributed by atoms with Crippen LogP contribution in [0.4, 0.5) is 26.2 Å². The summed E-state index contributed by atoms with van der Waals surface area (Å²) in [5.74, 6) is 1.39. The molecule has 0 atom stereocenters. The number of rotatable bonds is 6. The Morgan fingerprint density at radius 1 is 0.968 bits per heavy atom. The van der Waals surface area contributed by atoms with E-state index in [0.29, 0.717) is 22.8 Å². The molecule has 1 aromatic carbocycles. The number of nitrogens with two attached hydrogens (primary N) is 1. The van der Waals surface area contributed by atoms with Crippen molar-refractivity contribution in [1.82, 2.24) is 15.0 Å². The molecule has 0 spiro atoms. The topological polar surface area (TPSA) is 104 Å². The monoisotopic (exact) mass is 425 g/mol. The van der Waals surface area contributed by atoms with Crippen LogP contribution in [0, 0.1) is 5.41 Å². The summed E-state index contributed by atoms with van der Waals surface area (Å²) < 4.78 is 29.5. The van der Waals surface area contributed by atoms with E-state index >= 15 is 0 Å². The molecule has 160 valence electrons. The molecule has 10 heteroatoms. The molecular weight excluding hydrogens is 404 g/mol. The SMILES string of the molecule is N=C(c1ccnc(N2CCN(c3ncccn3)CC2)c1)c1cc(OC(F)F)ccc1N. The van der Waals surface area contributed by atoms with E-state index < -0.39 is 6.61 Å². The van der Waals surface area contributed by atoms with Gasteiger partial charge in [-0.1, -0.05) is 0 Å². The molecule has 1 aliphatic heterocycles. The minimum absolute atomic E-state index is 0.0440. The van der Waals surface area contributed by atoms with Gasteiger partial charge in [-0.2, -0.15) is 8.78 Å². The van der Waals surface area contributed by atoms with Crippen molar-refractivity contribution in [2.45, 2.75) is 6.61 Å². The van der Waals surface area contributed by atoms with Crippen molar-refractivity contribution in [3.63, 3.8) is 0 Å². The quantitative estimate of drug-likeness (QED) is 0.462. The molecule has 1 saturated heterocycles. The molecule has 3 heterocycles. The summed E-state index contributed by atoms with van der Waals surface area (Å²) in [4.78, 5) is 17.2. The fourth-order valence-corrected chi connectivity index (χ4v) is 3.42. The molecule has 4 rings (SSSR count). The molecule has 1 fully saturated rings. The summed E-state index contributed by atoms with van der Waals surface area (Å²) in [5, 5.41) is 8.55. The fraction of sp³-hybridized carbons (Fsp3) is 0.238. The van der Waals surface area contributed by atoms with Gasteiger partial charge in [0.25, 0.3) is 0 Å². The summed E-state index contributed by atoms with van der Waals surface area (Å²) >= 11 is 0. The van der Waals surface area contributed by atoms with Gasteiger partial charge in [0.15, 0.2) is 0 Å². The van der Waals surface area contributed by atoms with Crippen molar-refractivity contribution in [3.05, 3.63) is 66.1 Å². The first kappa shape index (κ1) is 20.5. The minimum atomic E-state index is -2.95. The Labute approximate surface area is 177 Å². The molecule has 8 nitrogen and oxygen atoms in total. The highest BCUT2D eigenvalue weighted by Gasteiger charge is 2.21. The minimum Gasteiger partial charge on any atom is -0.435 e. The highest BCUT2D eigenvalue weighted by Crippen LogP contribution is 2.25. The second-order valence-corrected chi connectivity index (χ2v) is 6.93. The van der Waals surface area contributed by atoms with Gasteiger partial charge in [0.2, 0.25) is 5.95 Å². The number of aromatic nitrogens is 3.